The first-order valence-corrected chi connectivity index (χ1v) is 18.2. The molecule has 0 heterocycles. The van der Waals surface area contributed by atoms with Crippen molar-refractivity contribution in [3.05, 3.63) is 119 Å². The molecule has 1 unspecified atom stereocenters. The summed E-state index contributed by atoms with van der Waals surface area (Å²) in [5, 5.41) is 15.2. The lowest BCUT2D eigenvalue weighted by Crippen LogP contribution is -2.52. The number of hydrogen-bond donors (Lipinski definition) is 4. The number of primary amides is 1. The molecule has 0 aliphatic heterocycles. The van der Waals surface area contributed by atoms with Gasteiger partial charge in [-0.05, 0) is 73.2 Å². The fourth-order valence-corrected chi connectivity index (χ4v) is 7.45. The molecule has 3 aromatic carbocycles. The van der Waals surface area contributed by atoms with E-state index >= 15 is 0 Å². The second-order valence-corrected chi connectivity index (χ2v) is 14.1. The van der Waals surface area contributed by atoms with Gasteiger partial charge in [0.1, 0.15) is 5.75 Å². The minimum absolute atomic E-state index is 0.0219. The number of hydrogen-bond acceptors (Lipinski definition) is 7. The second kappa shape index (κ2) is 17.3. The number of carbonyl (C=O) groups is 2. The fraction of sp³-hybridized carbons (Fsp3) is 0.368. The van der Waals surface area contributed by atoms with Crippen molar-refractivity contribution in [2.24, 2.45) is 17.1 Å². The summed E-state index contributed by atoms with van der Waals surface area (Å²) < 4.78 is 35.1. The van der Waals surface area contributed by atoms with E-state index in [2.05, 4.69) is 10.0 Å². The van der Waals surface area contributed by atoms with Crippen molar-refractivity contribution in [2.45, 2.75) is 57.1 Å². The van der Waals surface area contributed by atoms with Crippen LogP contribution in [0.25, 0.3) is 0 Å². The molecule has 49 heavy (non-hydrogen) atoms. The van der Waals surface area contributed by atoms with E-state index in [4.69, 9.17) is 10.5 Å². The lowest BCUT2D eigenvalue weighted by molar-refractivity contribution is -0.132. The Morgan fingerprint density at radius 1 is 0.959 bits per heavy atom. The third kappa shape index (κ3) is 9.59. The highest BCUT2D eigenvalue weighted by atomic mass is 32.2. The molecule has 4 rings (SSSR count). The summed E-state index contributed by atoms with van der Waals surface area (Å²) in [5.74, 6) is -1.21. The molecule has 0 saturated carbocycles. The number of ether oxygens (including phenoxy) is 1. The van der Waals surface area contributed by atoms with Gasteiger partial charge in [-0.3, -0.25) is 14.3 Å². The van der Waals surface area contributed by atoms with Gasteiger partial charge < -0.3 is 25.8 Å². The minimum Gasteiger partial charge on any atom is -0.497 e. The van der Waals surface area contributed by atoms with Crippen LogP contribution in [0.15, 0.2) is 113 Å². The number of carbonyl (C=O) groups excluding carboxylic acids is 2. The highest BCUT2D eigenvalue weighted by molar-refractivity contribution is 7.89. The van der Waals surface area contributed by atoms with E-state index in [-0.39, 0.29) is 41.5 Å². The molecule has 11 heteroatoms. The van der Waals surface area contributed by atoms with Gasteiger partial charge in [0, 0.05) is 43.4 Å². The normalized spacial score (nSPS) is 17.3. The minimum atomic E-state index is -4.11. The van der Waals surface area contributed by atoms with Crippen molar-refractivity contribution in [2.75, 3.05) is 26.7 Å². The molecule has 0 radical (unpaired) electrons. The van der Waals surface area contributed by atoms with Gasteiger partial charge in [0.15, 0.2) is 0 Å². The number of amides is 2. The Morgan fingerprint density at radius 2 is 1.59 bits per heavy atom. The Balaban J connectivity index is 1.79. The van der Waals surface area contributed by atoms with Crippen LogP contribution < -0.4 is 20.5 Å². The van der Waals surface area contributed by atoms with E-state index < -0.39 is 33.4 Å². The lowest BCUT2D eigenvalue weighted by Gasteiger charge is -2.42. The molecule has 1 aliphatic rings. The van der Waals surface area contributed by atoms with Crippen LogP contribution >= 0.6 is 0 Å². The number of benzene rings is 3. The Hall–Kier alpha value is -4.45. The summed E-state index contributed by atoms with van der Waals surface area (Å²) in [6.07, 6.45) is 3.43. The van der Waals surface area contributed by atoms with Crippen LogP contribution in [0.2, 0.25) is 0 Å². The maximum atomic E-state index is 14.1. The molecule has 3 aromatic rings. The smallest absolute Gasteiger partial charge is 0.261 e. The van der Waals surface area contributed by atoms with E-state index in [1.165, 1.54) is 24.3 Å². The molecule has 262 valence electrons. The van der Waals surface area contributed by atoms with Gasteiger partial charge in [-0.15, -0.1) is 0 Å². The molecule has 3 atom stereocenters. The Kier molecular flexibility index (Phi) is 13.2. The van der Waals surface area contributed by atoms with Gasteiger partial charge in [-0.1, -0.05) is 74.5 Å². The van der Waals surface area contributed by atoms with Crippen molar-refractivity contribution in [1.82, 2.24) is 14.9 Å². The van der Waals surface area contributed by atoms with Crippen LogP contribution in [0.3, 0.4) is 0 Å². The molecule has 10 nitrogen and oxygen atoms in total. The molecule has 0 bridgehead atoms. The Labute approximate surface area is 290 Å². The van der Waals surface area contributed by atoms with Gasteiger partial charge in [0.2, 0.25) is 11.8 Å². The number of methoxy groups -OCH3 is 1. The average Bonchev–Trinajstić information content (AvgIpc) is 3.10. The number of sulfonamides is 1. The molecule has 0 spiro atoms. The summed E-state index contributed by atoms with van der Waals surface area (Å²) in [5.41, 5.74) is 6.71. The van der Waals surface area contributed by atoms with E-state index in [1.54, 1.807) is 30.2 Å². The van der Waals surface area contributed by atoms with Crippen molar-refractivity contribution in [1.29, 1.82) is 0 Å². The van der Waals surface area contributed by atoms with E-state index in [0.29, 0.717) is 25.4 Å². The number of nitrogens with two attached hydrogens (primary N) is 1. The highest BCUT2D eigenvalue weighted by Gasteiger charge is 2.49. The predicted octanol–water partition coefficient (Wildman–Crippen LogP) is 4.32. The van der Waals surface area contributed by atoms with Crippen LogP contribution in [0.1, 0.15) is 44.2 Å². The van der Waals surface area contributed by atoms with Crippen LogP contribution in [0.5, 0.6) is 5.75 Å². The molecular weight excluding hydrogens is 641 g/mol. The topological polar surface area (TPSA) is 151 Å². The predicted molar refractivity (Wildman–Crippen MR) is 191 cm³/mol. The van der Waals surface area contributed by atoms with Crippen molar-refractivity contribution in [3.63, 3.8) is 0 Å². The average molecular weight is 689 g/mol. The van der Waals surface area contributed by atoms with Crippen molar-refractivity contribution < 1.29 is 27.9 Å². The molecule has 2 amide bonds. The zero-order valence-corrected chi connectivity index (χ0v) is 29.3. The molecule has 0 fully saturated rings. The number of aliphatic hydroxyl groups is 1. The largest absolute Gasteiger partial charge is 0.497 e. The summed E-state index contributed by atoms with van der Waals surface area (Å²) in [4.78, 5) is 29.7. The second-order valence-electron chi connectivity index (χ2n) is 12.4. The summed E-state index contributed by atoms with van der Waals surface area (Å²) in [6, 6.07) is 24.8. The van der Waals surface area contributed by atoms with E-state index in [9.17, 15) is 23.1 Å². The first-order chi connectivity index (χ1) is 23.5. The van der Waals surface area contributed by atoms with Gasteiger partial charge in [0.25, 0.3) is 10.0 Å². The standard InChI is InChI=1S/C38H48N4O6S/c1-4-19-42(20-5-2)36(44)30-23-31(41-49(46,47)33-17-10-7-11-18-33)25-38(24-30,37(39)45)34(22-28-13-8-6-9-14-28)35(43)27-40-26-29-15-12-16-32(21-29)48-3/h6-18,21,23,25,34-35,40-41,43H,4-5,19-20,22,24,26-27H2,1-3H3,(H2,39,45)/t34-,35+,38?/m1/s1. The Bertz CT molecular complexity index is 1720. The third-order valence-corrected chi connectivity index (χ3v) is 10.2. The van der Waals surface area contributed by atoms with Gasteiger partial charge in [-0.25, -0.2) is 8.42 Å². The monoisotopic (exact) mass is 688 g/mol. The van der Waals surface area contributed by atoms with Crippen LogP contribution in [-0.2, 0) is 32.6 Å². The van der Waals surface area contributed by atoms with Crippen LogP contribution in [0, 0.1) is 11.3 Å². The number of aliphatic hydroxyl groups excluding tert-OH is 1. The van der Waals surface area contributed by atoms with Gasteiger partial charge in [0.05, 0.1) is 23.5 Å². The lowest BCUT2D eigenvalue weighted by atomic mass is 9.64. The van der Waals surface area contributed by atoms with E-state index in [0.717, 1.165) is 24.0 Å². The SMILES string of the molecule is CCCN(CCC)C(=O)C1=CC(NS(=O)(=O)c2ccccc2)=CC(C(N)=O)([C@H](Cc2ccccc2)[C@@H](O)CNCc2cccc(OC)c2)C1. The van der Waals surface area contributed by atoms with Crippen molar-refractivity contribution >= 4 is 21.8 Å². The first-order valence-electron chi connectivity index (χ1n) is 16.7. The van der Waals surface area contributed by atoms with Gasteiger partial charge >= 0.3 is 0 Å². The molecule has 0 saturated heterocycles. The molecule has 0 aromatic heterocycles. The maximum Gasteiger partial charge on any atom is 0.261 e. The third-order valence-electron chi connectivity index (χ3n) is 8.78. The molecular formula is C38H48N4O6S. The number of nitrogens with zero attached hydrogens (tertiary/aromatic N) is 1. The summed E-state index contributed by atoms with van der Waals surface area (Å²) in [6.45, 7) is 5.44. The number of nitrogens with one attached hydrogen (secondary N) is 2. The number of allylic oxidation sites excluding steroid dienone is 1. The highest BCUT2D eigenvalue weighted by Crippen LogP contribution is 2.44. The zero-order chi connectivity index (χ0) is 35.4. The zero-order valence-electron chi connectivity index (χ0n) is 28.5. The van der Waals surface area contributed by atoms with Crippen molar-refractivity contribution in [3.8, 4) is 5.75 Å². The molecule has 1 aliphatic carbocycles. The number of rotatable bonds is 18. The van der Waals surface area contributed by atoms with E-state index in [1.807, 2.05) is 68.4 Å². The van der Waals surface area contributed by atoms with Crippen LogP contribution in [0.4, 0.5) is 0 Å². The quantitative estimate of drug-likeness (QED) is 0.156. The fourth-order valence-electron chi connectivity index (χ4n) is 6.39. The Morgan fingerprint density at radius 3 is 2.20 bits per heavy atom. The summed E-state index contributed by atoms with van der Waals surface area (Å²) in [7, 11) is -2.51. The first kappa shape index (κ1) is 37.4. The van der Waals surface area contributed by atoms with Gasteiger partial charge in [-0.2, -0.15) is 0 Å². The maximum absolute atomic E-state index is 14.1. The van der Waals surface area contributed by atoms with Crippen LogP contribution in [-0.4, -0.2) is 63.1 Å². The molecule has 5 N–H and O–H groups in total. The summed E-state index contributed by atoms with van der Waals surface area (Å²) >= 11 is 0.